The van der Waals surface area contributed by atoms with E-state index in [0.29, 0.717) is 37.1 Å². The number of imidazole rings is 1. The van der Waals surface area contributed by atoms with Crippen molar-refractivity contribution >= 4 is 17.1 Å². The van der Waals surface area contributed by atoms with Gasteiger partial charge < -0.3 is 9.32 Å². The summed E-state index contributed by atoms with van der Waals surface area (Å²) in [5.41, 5.74) is 1.10. The third kappa shape index (κ3) is 4.19. The second-order valence-electron chi connectivity index (χ2n) is 8.37. The van der Waals surface area contributed by atoms with Crippen LogP contribution in [0.25, 0.3) is 22.6 Å². The third-order valence-corrected chi connectivity index (χ3v) is 6.25. The zero-order valence-corrected chi connectivity index (χ0v) is 18.7. The van der Waals surface area contributed by atoms with Crippen LogP contribution in [-0.4, -0.2) is 48.2 Å². The summed E-state index contributed by atoms with van der Waals surface area (Å²) in [7, 11) is 0. The quantitative estimate of drug-likeness (QED) is 0.428. The van der Waals surface area contributed by atoms with Gasteiger partial charge in [-0.2, -0.15) is 8.78 Å². The first kappa shape index (κ1) is 22.8. The molecule has 3 aromatic heterocycles. The summed E-state index contributed by atoms with van der Waals surface area (Å²) in [6, 6.07) is 7.44. The van der Waals surface area contributed by atoms with Crippen molar-refractivity contribution in [3.05, 3.63) is 64.3 Å². The summed E-state index contributed by atoms with van der Waals surface area (Å²) in [6.07, 6.45) is -0.106. The van der Waals surface area contributed by atoms with E-state index in [4.69, 9.17) is 4.42 Å². The Hall–Kier alpha value is -3.96. The van der Waals surface area contributed by atoms with Gasteiger partial charge in [0.1, 0.15) is 5.82 Å². The molecule has 1 saturated heterocycles. The Morgan fingerprint density at radius 2 is 1.97 bits per heavy atom. The zero-order chi connectivity index (χ0) is 24.7. The molecule has 0 aliphatic carbocycles. The van der Waals surface area contributed by atoms with Crippen LogP contribution in [0.15, 0.2) is 45.7 Å². The van der Waals surface area contributed by atoms with Crippen molar-refractivity contribution in [3.8, 4) is 11.5 Å². The maximum Gasteiger partial charge on any atom is 0.330 e. The molecule has 4 aromatic rings. The number of carbonyl (C=O) groups is 1. The van der Waals surface area contributed by atoms with Crippen LogP contribution in [-0.2, 0) is 11.3 Å². The summed E-state index contributed by atoms with van der Waals surface area (Å²) >= 11 is 0. The van der Waals surface area contributed by atoms with E-state index in [1.807, 2.05) is 0 Å². The van der Waals surface area contributed by atoms with Crippen molar-refractivity contribution in [1.29, 1.82) is 0 Å². The van der Waals surface area contributed by atoms with Crippen molar-refractivity contribution in [2.24, 2.45) is 0 Å². The van der Waals surface area contributed by atoms with E-state index in [0.717, 1.165) is 6.07 Å². The van der Waals surface area contributed by atoms with Crippen molar-refractivity contribution in [1.82, 2.24) is 29.2 Å². The molecule has 0 bridgehead atoms. The lowest BCUT2D eigenvalue weighted by molar-refractivity contribution is -0.130. The topological polar surface area (TPSA) is 99.1 Å². The molecule has 182 valence electrons. The van der Waals surface area contributed by atoms with Gasteiger partial charge in [0.2, 0.25) is 11.8 Å². The highest BCUT2D eigenvalue weighted by molar-refractivity contribution is 5.73. The molecule has 35 heavy (non-hydrogen) atoms. The summed E-state index contributed by atoms with van der Waals surface area (Å²) in [6.45, 7) is 2.55. The average molecular weight is 486 g/mol. The van der Waals surface area contributed by atoms with Crippen LogP contribution >= 0.6 is 0 Å². The molecule has 5 rings (SSSR count). The van der Waals surface area contributed by atoms with Gasteiger partial charge in [-0.3, -0.25) is 13.9 Å². The molecular weight excluding hydrogens is 465 g/mol. The molecule has 0 spiro atoms. The number of hydrogen-bond acceptors (Lipinski definition) is 6. The third-order valence-electron chi connectivity index (χ3n) is 6.25. The van der Waals surface area contributed by atoms with Gasteiger partial charge in [0.25, 0.3) is 5.89 Å². The molecule has 4 heterocycles. The molecule has 12 heteroatoms. The van der Waals surface area contributed by atoms with Gasteiger partial charge in [-0.1, -0.05) is 6.07 Å². The maximum atomic E-state index is 15.0. The van der Waals surface area contributed by atoms with E-state index in [1.54, 1.807) is 27.8 Å². The molecule has 0 N–H and O–H groups in total. The van der Waals surface area contributed by atoms with Gasteiger partial charge in [0, 0.05) is 43.4 Å². The Bertz CT molecular complexity index is 1450. The SMILES string of the molecule is CC(=O)N1CCC(n2c(=O)n(Cc3ccc(-c4nnc(C(F)F)o4)cc3F)c3ncccc32)CC1. The van der Waals surface area contributed by atoms with E-state index in [1.165, 1.54) is 23.6 Å². The fraction of sp³-hybridized carbons (Fsp3) is 0.348. The lowest BCUT2D eigenvalue weighted by atomic mass is 10.0. The van der Waals surface area contributed by atoms with Gasteiger partial charge >= 0.3 is 12.1 Å². The van der Waals surface area contributed by atoms with E-state index in [9.17, 15) is 22.8 Å². The lowest BCUT2D eigenvalue weighted by Crippen LogP contribution is -2.40. The first-order valence-electron chi connectivity index (χ1n) is 11.0. The van der Waals surface area contributed by atoms with Gasteiger partial charge in [-0.15, -0.1) is 10.2 Å². The number of piperidine rings is 1. The molecule has 1 fully saturated rings. The monoisotopic (exact) mass is 486 g/mol. The zero-order valence-electron chi connectivity index (χ0n) is 18.7. The Labute approximate surface area is 196 Å². The second-order valence-corrected chi connectivity index (χ2v) is 8.37. The minimum absolute atomic E-state index is 0.00442. The minimum atomic E-state index is -2.92. The fourth-order valence-electron chi connectivity index (χ4n) is 4.46. The number of fused-ring (bicyclic) bond motifs is 1. The molecule has 9 nitrogen and oxygen atoms in total. The van der Waals surface area contributed by atoms with E-state index >= 15 is 0 Å². The maximum absolute atomic E-state index is 15.0. The predicted octanol–water partition coefficient (Wildman–Crippen LogP) is 3.56. The van der Waals surface area contributed by atoms with Crippen molar-refractivity contribution in [2.45, 2.75) is 38.8 Å². The normalized spacial score (nSPS) is 14.8. The van der Waals surface area contributed by atoms with E-state index in [2.05, 4.69) is 15.2 Å². The molecule has 1 aliphatic rings. The standard InChI is InChI=1S/C23H21F3N6O3/c1-13(33)30-9-6-16(7-10-30)32-18-3-2-8-27-20(18)31(23(32)34)12-15-5-4-14(11-17(15)24)21-28-29-22(35-21)19(25)26/h2-5,8,11,16,19H,6-7,9-10,12H2,1H3. The summed E-state index contributed by atoms with van der Waals surface area (Å²) in [5, 5.41) is 6.78. The van der Waals surface area contributed by atoms with Gasteiger partial charge in [0.05, 0.1) is 12.1 Å². The number of rotatable bonds is 5. The number of amides is 1. The Morgan fingerprint density at radius 1 is 1.20 bits per heavy atom. The summed E-state index contributed by atoms with van der Waals surface area (Å²) in [4.78, 5) is 31.2. The van der Waals surface area contributed by atoms with Crippen molar-refractivity contribution in [3.63, 3.8) is 0 Å². The highest BCUT2D eigenvalue weighted by Gasteiger charge is 2.27. The lowest BCUT2D eigenvalue weighted by Gasteiger charge is -2.31. The van der Waals surface area contributed by atoms with Crippen LogP contribution < -0.4 is 5.69 Å². The molecule has 0 unspecified atom stereocenters. The number of benzene rings is 1. The fourth-order valence-corrected chi connectivity index (χ4v) is 4.46. The number of carbonyl (C=O) groups excluding carboxylic acids is 1. The number of aromatic nitrogens is 5. The molecule has 1 amide bonds. The Morgan fingerprint density at radius 3 is 2.63 bits per heavy atom. The molecular formula is C23H21F3N6O3. The van der Waals surface area contributed by atoms with Gasteiger partial charge in [-0.25, -0.2) is 14.2 Å². The highest BCUT2D eigenvalue weighted by Crippen LogP contribution is 2.27. The smallest absolute Gasteiger partial charge is 0.330 e. The number of hydrogen-bond donors (Lipinski definition) is 0. The largest absolute Gasteiger partial charge is 0.415 e. The summed E-state index contributed by atoms with van der Waals surface area (Å²) in [5.74, 6) is -1.72. The van der Waals surface area contributed by atoms with Crippen LogP contribution in [0, 0.1) is 5.82 Å². The van der Waals surface area contributed by atoms with Crippen LogP contribution in [0.2, 0.25) is 0 Å². The predicted molar refractivity (Wildman–Crippen MR) is 118 cm³/mol. The molecule has 0 saturated carbocycles. The van der Waals surface area contributed by atoms with Crippen molar-refractivity contribution < 1.29 is 22.4 Å². The van der Waals surface area contributed by atoms with Crippen LogP contribution in [0.5, 0.6) is 0 Å². The highest BCUT2D eigenvalue weighted by atomic mass is 19.3. The van der Waals surface area contributed by atoms with Crippen LogP contribution in [0.3, 0.4) is 0 Å². The molecule has 1 aromatic carbocycles. The minimum Gasteiger partial charge on any atom is -0.415 e. The Kier molecular flexibility index (Phi) is 5.87. The van der Waals surface area contributed by atoms with E-state index in [-0.39, 0.29) is 41.2 Å². The van der Waals surface area contributed by atoms with Crippen molar-refractivity contribution in [2.75, 3.05) is 13.1 Å². The van der Waals surface area contributed by atoms with Crippen LogP contribution in [0.1, 0.15) is 43.7 Å². The average Bonchev–Trinajstić information content (AvgIpc) is 3.44. The second kappa shape index (κ2) is 9.01. The number of halogens is 3. The van der Waals surface area contributed by atoms with Gasteiger partial charge in [-0.05, 0) is 37.1 Å². The first-order valence-corrected chi connectivity index (χ1v) is 11.0. The number of alkyl halides is 2. The van der Waals surface area contributed by atoms with E-state index < -0.39 is 18.1 Å². The number of nitrogens with zero attached hydrogens (tertiary/aromatic N) is 6. The molecule has 1 aliphatic heterocycles. The summed E-state index contributed by atoms with van der Waals surface area (Å²) < 4.78 is 48.4. The first-order chi connectivity index (χ1) is 16.8. The number of likely N-dealkylation sites (tertiary alicyclic amines) is 1. The van der Waals surface area contributed by atoms with Crippen LogP contribution in [0.4, 0.5) is 13.2 Å². The molecule has 0 atom stereocenters. The van der Waals surface area contributed by atoms with Gasteiger partial charge in [0.15, 0.2) is 5.65 Å². The molecule has 0 radical (unpaired) electrons. The Balaban J connectivity index is 1.46. The number of pyridine rings is 1.